The van der Waals surface area contributed by atoms with Crippen LogP contribution in [0.25, 0.3) is 0 Å². The van der Waals surface area contributed by atoms with Crippen molar-refractivity contribution in [3.8, 4) is 0 Å². The second kappa shape index (κ2) is 8.11. The zero-order chi connectivity index (χ0) is 19.3. The normalized spacial score (nSPS) is 10.1. The summed E-state index contributed by atoms with van der Waals surface area (Å²) in [4.78, 5) is 46.7. The lowest BCUT2D eigenvalue weighted by atomic mass is 10.2. The van der Waals surface area contributed by atoms with Gasteiger partial charge in [-0.15, -0.1) is 0 Å². The Balaban J connectivity index is 1.91. The average molecular weight is 357 g/mol. The maximum Gasteiger partial charge on any atom is 0.355 e. The van der Waals surface area contributed by atoms with Gasteiger partial charge in [-0.2, -0.15) is 0 Å². The summed E-state index contributed by atoms with van der Waals surface area (Å²) in [5.41, 5.74) is 1.50. The van der Waals surface area contributed by atoms with Crippen LogP contribution >= 0.6 is 0 Å². The van der Waals surface area contributed by atoms with Crippen molar-refractivity contribution in [2.24, 2.45) is 7.05 Å². The van der Waals surface area contributed by atoms with E-state index in [0.29, 0.717) is 16.8 Å². The Hall–Kier alpha value is -3.42. The molecule has 26 heavy (non-hydrogen) atoms. The monoisotopic (exact) mass is 357 g/mol. The fourth-order valence-electron chi connectivity index (χ4n) is 2.21. The molecule has 0 aliphatic rings. The molecule has 2 aromatic rings. The Bertz CT molecular complexity index is 852. The van der Waals surface area contributed by atoms with Crippen LogP contribution in [0, 0.1) is 0 Å². The molecule has 2 amide bonds. The highest BCUT2D eigenvalue weighted by Crippen LogP contribution is 2.11. The number of carbonyl (C=O) groups is 4. The molecule has 0 bridgehead atoms. The van der Waals surface area contributed by atoms with Crippen molar-refractivity contribution >= 4 is 29.3 Å². The molecule has 1 aromatic heterocycles. The molecule has 8 heteroatoms. The van der Waals surface area contributed by atoms with Crippen molar-refractivity contribution in [1.29, 1.82) is 0 Å². The summed E-state index contributed by atoms with van der Waals surface area (Å²) >= 11 is 0. The van der Waals surface area contributed by atoms with Crippen molar-refractivity contribution in [2.75, 3.05) is 19.0 Å². The van der Waals surface area contributed by atoms with E-state index >= 15 is 0 Å². The van der Waals surface area contributed by atoms with Gasteiger partial charge in [-0.05, 0) is 37.3 Å². The third-order valence-electron chi connectivity index (χ3n) is 3.61. The van der Waals surface area contributed by atoms with E-state index in [-0.39, 0.29) is 17.4 Å². The fourth-order valence-corrected chi connectivity index (χ4v) is 2.21. The molecular formula is C18H19N3O5. The summed E-state index contributed by atoms with van der Waals surface area (Å²) in [6.07, 6.45) is 1.52. The van der Waals surface area contributed by atoms with Gasteiger partial charge < -0.3 is 19.9 Å². The first-order valence-corrected chi connectivity index (χ1v) is 7.78. The van der Waals surface area contributed by atoms with Crippen LogP contribution in [0.5, 0.6) is 0 Å². The second-order valence-electron chi connectivity index (χ2n) is 5.56. The van der Waals surface area contributed by atoms with Gasteiger partial charge in [0.15, 0.2) is 12.4 Å². The summed E-state index contributed by atoms with van der Waals surface area (Å²) in [5, 5.41) is 5.06. The minimum absolute atomic E-state index is 0.169. The molecular weight excluding hydrogens is 338 g/mol. The highest BCUT2D eigenvalue weighted by molar-refractivity contribution is 5.99. The van der Waals surface area contributed by atoms with Crippen LogP contribution < -0.4 is 10.6 Å². The van der Waals surface area contributed by atoms with Crippen molar-refractivity contribution in [1.82, 2.24) is 9.88 Å². The first-order valence-electron chi connectivity index (χ1n) is 7.78. The van der Waals surface area contributed by atoms with Gasteiger partial charge in [0.25, 0.3) is 11.8 Å². The average Bonchev–Trinajstić information content (AvgIpc) is 3.02. The van der Waals surface area contributed by atoms with Gasteiger partial charge in [-0.1, -0.05) is 0 Å². The minimum atomic E-state index is -0.704. The van der Waals surface area contributed by atoms with Crippen LogP contribution in [-0.2, 0) is 16.6 Å². The molecule has 8 nitrogen and oxygen atoms in total. The quantitative estimate of drug-likeness (QED) is 0.600. The van der Waals surface area contributed by atoms with Gasteiger partial charge in [0.1, 0.15) is 5.69 Å². The number of Topliss-reactive ketones (excluding diaryl/α,β-unsaturated/α-hetero) is 1. The number of hydrogen-bond donors (Lipinski definition) is 2. The fraction of sp³-hybridized carbons (Fsp3) is 0.222. The summed E-state index contributed by atoms with van der Waals surface area (Å²) in [6.45, 7) is 0.921. The molecule has 136 valence electrons. The van der Waals surface area contributed by atoms with Crippen LogP contribution in [0.2, 0.25) is 0 Å². The number of amides is 2. The van der Waals surface area contributed by atoms with Crippen molar-refractivity contribution < 1.29 is 23.9 Å². The number of aryl methyl sites for hydroxylation is 1. The number of hydrogen-bond acceptors (Lipinski definition) is 5. The number of nitrogens with one attached hydrogen (secondary N) is 2. The summed E-state index contributed by atoms with van der Waals surface area (Å²) in [6, 6.07) is 7.68. The van der Waals surface area contributed by atoms with Crippen LogP contribution in [0.3, 0.4) is 0 Å². The van der Waals surface area contributed by atoms with Crippen LogP contribution in [0.15, 0.2) is 36.5 Å². The maximum atomic E-state index is 12.0. The van der Waals surface area contributed by atoms with Crippen LogP contribution in [0.1, 0.15) is 38.1 Å². The van der Waals surface area contributed by atoms with E-state index in [1.54, 1.807) is 31.3 Å². The number of anilines is 1. The molecule has 2 N–H and O–H groups in total. The van der Waals surface area contributed by atoms with E-state index in [1.807, 2.05) is 0 Å². The van der Waals surface area contributed by atoms with E-state index in [1.165, 1.54) is 30.8 Å². The number of ether oxygens (including phenoxy) is 1. The van der Waals surface area contributed by atoms with E-state index in [4.69, 9.17) is 4.74 Å². The summed E-state index contributed by atoms with van der Waals surface area (Å²) in [7, 11) is 3.13. The maximum absolute atomic E-state index is 12.0. The van der Waals surface area contributed by atoms with Gasteiger partial charge >= 0.3 is 5.97 Å². The summed E-state index contributed by atoms with van der Waals surface area (Å²) < 4.78 is 6.43. The number of nitrogens with zero attached hydrogens (tertiary/aromatic N) is 1. The molecule has 0 saturated heterocycles. The predicted octanol–water partition coefficient (Wildman–Crippen LogP) is 1.38. The van der Waals surface area contributed by atoms with Crippen LogP contribution in [-0.4, -0.2) is 41.8 Å². The zero-order valence-corrected chi connectivity index (χ0v) is 14.7. The number of aromatic nitrogens is 1. The first kappa shape index (κ1) is 18.9. The van der Waals surface area contributed by atoms with Crippen molar-refractivity contribution in [3.63, 3.8) is 0 Å². The Labute approximate surface area is 150 Å². The lowest BCUT2D eigenvalue weighted by Crippen LogP contribution is -2.22. The molecule has 0 aliphatic heterocycles. The Kier molecular flexibility index (Phi) is 5.90. The van der Waals surface area contributed by atoms with Gasteiger partial charge in [0, 0.05) is 37.1 Å². The number of rotatable bonds is 6. The highest BCUT2D eigenvalue weighted by Gasteiger charge is 2.16. The number of carbonyl (C=O) groups excluding carboxylic acids is 4. The predicted molar refractivity (Wildman–Crippen MR) is 94.2 cm³/mol. The minimum Gasteiger partial charge on any atom is -0.451 e. The SMILES string of the molecule is CNC(=O)c1ccc(NC(=O)COC(=O)c2cc(C(C)=O)cn2C)cc1. The third kappa shape index (κ3) is 4.56. The van der Waals surface area contributed by atoms with Gasteiger partial charge in [0.05, 0.1) is 0 Å². The first-order chi connectivity index (χ1) is 12.3. The molecule has 1 heterocycles. The smallest absolute Gasteiger partial charge is 0.355 e. The lowest BCUT2D eigenvalue weighted by Gasteiger charge is -2.07. The standard InChI is InChI=1S/C18H19N3O5/c1-11(22)13-8-15(21(3)9-13)18(25)26-10-16(23)20-14-6-4-12(5-7-14)17(24)19-2/h4-9H,10H2,1-3H3,(H,19,24)(H,20,23). The second-order valence-corrected chi connectivity index (χ2v) is 5.56. The topological polar surface area (TPSA) is 106 Å². The molecule has 0 saturated carbocycles. The van der Waals surface area contributed by atoms with Crippen molar-refractivity contribution in [2.45, 2.75) is 6.92 Å². The van der Waals surface area contributed by atoms with E-state index in [9.17, 15) is 19.2 Å². The molecule has 1 aromatic carbocycles. The Morgan fingerprint density at radius 2 is 1.73 bits per heavy atom. The molecule has 0 spiro atoms. The van der Waals surface area contributed by atoms with E-state index in [2.05, 4.69) is 10.6 Å². The van der Waals surface area contributed by atoms with Gasteiger partial charge in [0.2, 0.25) is 0 Å². The number of ketones is 1. The third-order valence-corrected chi connectivity index (χ3v) is 3.61. The van der Waals surface area contributed by atoms with E-state index < -0.39 is 18.5 Å². The molecule has 0 aliphatic carbocycles. The summed E-state index contributed by atoms with van der Waals surface area (Å²) in [5.74, 6) is -1.63. The van der Waals surface area contributed by atoms with E-state index in [0.717, 1.165) is 0 Å². The zero-order valence-electron chi connectivity index (χ0n) is 14.7. The van der Waals surface area contributed by atoms with Crippen LogP contribution in [0.4, 0.5) is 5.69 Å². The largest absolute Gasteiger partial charge is 0.451 e. The Morgan fingerprint density at radius 3 is 2.27 bits per heavy atom. The molecule has 0 unspecified atom stereocenters. The molecule has 0 atom stereocenters. The van der Waals surface area contributed by atoms with Crippen molar-refractivity contribution in [3.05, 3.63) is 53.3 Å². The number of benzene rings is 1. The molecule has 2 rings (SSSR count). The van der Waals surface area contributed by atoms with Gasteiger partial charge in [-0.3, -0.25) is 14.4 Å². The lowest BCUT2D eigenvalue weighted by molar-refractivity contribution is -0.119. The molecule has 0 radical (unpaired) electrons. The highest BCUT2D eigenvalue weighted by atomic mass is 16.5. The Morgan fingerprint density at radius 1 is 1.08 bits per heavy atom. The molecule has 0 fully saturated rings. The number of esters is 1. The van der Waals surface area contributed by atoms with Gasteiger partial charge in [-0.25, -0.2) is 4.79 Å².